The quantitative estimate of drug-likeness (QED) is 0.543. The number of hydrogen-bond donors (Lipinski definition) is 1. The molecular formula is C24H26N2O4S. The van der Waals surface area contributed by atoms with Crippen LogP contribution in [0.3, 0.4) is 0 Å². The monoisotopic (exact) mass is 438 g/mol. The first-order valence-corrected chi connectivity index (χ1v) is 11.5. The van der Waals surface area contributed by atoms with Crippen LogP contribution in [-0.4, -0.2) is 31.8 Å². The van der Waals surface area contributed by atoms with Crippen molar-refractivity contribution in [1.29, 1.82) is 0 Å². The summed E-state index contributed by atoms with van der Waals surface area (Å²) < 4.78 is 33.3. The van der Waals surface area contributed by atoms with Crippen LogP contribution >= 0.6 is 0 Å². The Morgan fingerprint density at radius 2 is 1.58 bits per heavy atom. The predicted molar refractivity (Wildman–Crippen MR) is 121 cm³/mol. The summed E-state index contributed by atoms with van der Waals surface area (Å²) in [6.07, 6.45) is 0. The van der Waals surface area contributed by atoms with Gasteiger partial charge in [-0.05, 0) is 43.7 Å². The van der Waals surface area contributed by atoms with E-state index in [1.165, 1.54) is 16.4 Å². The highest BCUT2D eigenvalue weighted by Crippen LogP contribution is 2.24. The Balaban J connectivity index is 1.86. The third kappa shape index (κ3) is 5.93. The van der Waals surface area contributed by atoms with Gasteiger partial charge in [0.2, 0.25) is 15.9 Å². The Hall–Kier alpha value is -3.16. The summed E-state index contributed by atoms with van der Waals surface area (Å²) in [5.74, 6) is 0.0909. The molecule has 0 saturated heterocycles. The molecule has 0 bridgehead atoms. The lowest BCUT2D eigenvalue weighted by Gasteiger charge is -2.22. The maximum absolute atomic E-state index is 13.3. The first kappa shape index (κ1) is 22.5. The van der Waals surface area contributed by atoms with E-state index >= 15 is 0 Å². The van der Waals surface area contributed by atoms with Crippen LogP contribution in [0.25, 0.3) is 0 Å². The second-order valence-electron chi connectivity index (χ2n) is 7.05. The number of ether oxygens (including phenoxy) is 1. The van der Waals surface area contributed by atoms with E-state index < -0.39 is 15.9 Å². The molecule has 0 fully saturated rings. The minimum Gasteiger partial charge on any atom is -0.492 e. The van der Waals surface area contributed by atoms with E-state index in [2.05, 4.69) is 5.32 Å². The summed E-state index contributed by atoms with van der Waals surface area (Å²) in [4.78, 5) is 13.0. The molecule has 3 rings (SSSR count). The molecule has 0 atom stereocenters. The standard InChI is InChI=1S/C24H26N2O4S/c1-3-30-23-12-8-7-11-22(23)25-24(27)18-26(17-20-15-13-19(2)14-16-20)31(28,29)21-9-5-4-6-10-21/h4-16H,3,17-18H2,1-2H3,(H,25,27). The largest absolute Gasteiger partial charge is 0.492 e. The van der Waals surface area contributed by atoms with Crippen LogP contribution in [0.5, 0.6) is 5.75 Å². The lowest BCUT2D eigenvalue weighted by molar-refractivity contribution is -0.116. The van der Waals surface area contributed by atoms with Crippen molar-refractivity contribution >= 4 is 21.6 Å². The fraction of sp³-hybridized carbons (Fsp3) is 0.208. The van der Waals surface area contributed by atoms with Gasteiger partial charge in [0, 0.05) is 6.54 Å². The molecule has 3 aromatic carbocycles. The molecule has 0 aliphatic heterocycles. The summed E-state index contributed by atoms with van der Waals surface area (Å²) >= 11 is 0. The molecule has 0 spiro atoms. The Morgan fingerprint density at radius 1 is 0.935 bits per heavy atom. The minimum atomic E-state index is -3.88. The minimum absolute atomic E-state index is 0.0814. The summed E-state index contributed by atoms with van der Waals surface area (Å²) in [5.41, 5.74) is 2.38. The molecule has 0 saturated carbocycles. The van der Waals surface area contributed by atoms with Crippen molar-refractivity contribution in [2.24, 2.45) is 0 Å². The Labute approximate surface area is 183 Å². The second kappa shape index (κ2) is 10.2. The Bertz CT molecular complexity index is 1110. The molecule has 0 radical (unpaired) electrons. The van der Waals surface area contributed by atoms with Gasteiger partial charge in [0.15, 0.2) is 0 Å². The molecule has 0 aromatic heterocycles. The van der Waals surface area contributed by atoms with Crippen molar-refractivity contribution in [3.8, 4) is 5.75 Å². The highest BCUT2D eigenvalue weighted by molar-refractivity contribution is 7.89. The number of aryl methyl sites for hydroxylation is 1. The van der Waals surface area contributed by atoms with Gasteiger partial charge < -0.3 is 10.1 Å². The van der Waals surface area contributed by atoms with Gasteiger partial charge in [0.1, 0.15) is 5.75 Å². The zero-order valence-corrected chi connectivity index (χ0v) is 18.4. The number of para-hydroxylation sites is 2. The van der Waals surface area contributed by atoms with Crippen molar-refractivity contribution in [3.05, 3.63) is 90.0 Å². The van der Waals surface area contributed by atoms with Gasteiger partial charge in [-0.25, -0.2) is 8.42 Å². The molecule has 6 nitrogen and oxygen atoms in total. The summed E-state index contributed by atoms with van der Waals surface area (Å²) in [6.45, 7) is 4.03. The van der Waals surface area contributed by atoms with Crippen LogP contribution in [0.2, 0.25) is 0 Å². The molecule has 162 valence electrons. The number of nitrogens with one attached hydrogen (secondary N) is 1. The Morgan fingerprint density at radius 3 is 2.26 bits per heavy atom. The molecule has 7 heteroatoms. The van der Waals surface area contributed by atoms with Gasteiger partial charge in [0.25, 0.3) is 0 Å². The number of amides is 1. The van der Waals surface area contributed by atoms with Gasteiger partial charge in [-0.1, -0.05) is 60.2 Å². The normalized spacial score (nSPS) is 11.3. The zero-order valence-electron chi connectivity index (χ0n) is 17.6. The van der Waals surface area contributed by atoms with E-state index in [-0.39, 0.29) is 18.0 Å². The van der Waals surface area contributed by atoms with Crippen molar-refractivity contribution in [2.45, 2.75) is 25.3 Å². The van der Waals surface area contributed by atoms with Crippen molar-refractivity contribution in [1.82, 2.24) is 4.31 Å². The third-order valence-corrected chi connectivity index (χ3v) is 6.45. The fourth-order valence-corrected chi connectivity index (χ4v) is 4.47. The van der Waals surface area contributed by atoms with Crippen LogP contribution in [0.1, 0.15) is 18.1 Å². The number of carbonyl (C=O) groups excluding carboxylic acids is 1. The first-order valence-electron chi connectivity index (χ1n) is 10.0. The predicted octanol–water partition coefficient (Wildman–Crippen LogP) is 4.22. The van der Waals surface area contributed by atoms with E-state index in [1.54, 1.807) is 36.4 Å². The van der Waals surface area contributed by atoms with E-state index in [1.807, 2.05) is 44.2 Å². The first-order chi connectivity index (χ1) is 14.9. The lowest BCUT2D eigenvalue weighted by atomic mass is 10.1. The number of carbonyl (C=O) groups is 1. The molecule has 0 unspecified atom stereocenters. The second-order valence-corrected chi connectivity index (χ2v) is 8.99. The number of rotatable bonds is 9. The van der Waals surface area contributed by atoms with Gasteiger partial charge in [-0.15, -0.1) is 0 Å². The fourth-order valence-electron chi connectivity index (χ4n) is 3.07. The van der Waals surface area contributed by atoms with Crippen LogP contribution < -0.4 is 10.1 Å². The average Bonchev–Trinajstić information content (AvgIpc) is 2.77. The average molecular weight is 439 g/mol. The lowest BCUT2D eigenvalue weighted by Crippen LogP contribution is -2.37. The Kier molecular flexibility index (Phi) is 7.44. The highest BCUT2D eigenvalue weighted by atomic mass is 32.2. The van der Waals surface area contributed by atoms with Gasteiger partial charge in [-0.3, -0.25) is 4.79 Å². The van der Waals surface area contributed by atoms with Crippen LogP contribution in [0, 0.1) is 6.92 Å². The summed E-state index contributed by atoms with van der Waals surface area (Å²) in [7, 11) is -3.88. The molecular weight excluding hydrogens is 412 g/mol. The topological polar surface area (TPSA) is 75.7 Å². The number of nitrogens with zero attached hydrogens (tertiary/aromatic N) is 1. The van der Waals surface area contributed by atoms with Gasteiger partial charge in [0.05, 0.1) is 23.7 Å². The smallest absolute Gasteiger partial charge is 0.243 e. The highest BCUT2D eigenvalue weighted by Gasteiger charge is 2.27. The van der Waals surface area contributed by atoms with E-state index in [0.717, 1.165) is 11.1 Å². The van der Waals surface area contributed by atoms with E-state index in [4.69, 9.17) is 4.74 Å². The van der Waals surface area contributed by atoms with Crippen LogP contribution in [-0.2, 0) is 21.4 Å². The molecule has 0 heterocycles. The number of hydrogen-bond acceptors (Lipinski definition) is 4. The number of anilines is 1. The maximum Gasteiger partial charge on any atom is 0.243 e. The molecule has 3 aromatic rings. The van der Waals surface area contributed by atoms with Crippen molar-refractivity contribution in [2.75, 3.05) is 18.5 Å². The summed E-state index contributed by atoms with van der Waals surface area (Å²) in [6, 6.07) is 22.8. The van der Waals surface area contributed by atoms with Gasteiger partial charge in [-0.2, -0.15) is 4.31 Å². The van der Waals surface area contributed by atoms with E-state index in [0.29, 0.717) is 18.0 Å². The van der Waals surface area contributed by atoms with Crippen LogP contribution in [0.15, 0.2) is 83.8 Å². The zero-order chi connectivity index (χ0) is 22.3. The molecule has 1 N–H and O–H groups in total. The molecule has 31 heavy (non-hydrogen) atoms. The van der Waals surface area contributed by atoms with Crippen molar-refractivity contribution in [3.63, 3.8) is 0 Å². The number of benzene rings is 3. The van der Waals surface area contributed by atoms with Crippen molar-refractivity contribution < 1.29 is 17.9 Å². The van der Waals surface area contributed by atoms with Gasteiger partial charge >= 0.3 is 0 Å². The SMILES string of the molecule is CCOc1ccccc1NC(=O)CN(Cc1ccc(C)cc1)S(=O)(=O)c1ccccc1. The molecule has 1 amide bonds. The van der Waals surface area contributed by atoms with Crippen LogP contribution in [0.4, 0.5) is 5.69 Å². The molecule has 0 aliphatic carbocycles. The third-order valence-electron chi connectivity index (χ3n) is 4.64. The van der Waals surface area contributed by atoms with E-state index in [9.17, 15) is 13.2 Å². The maximum atomic E-state index is 13.3. The number of sulfonamides is 1. The summed E-state index contributed by atoms with van der Waals surface area (Å²) in [5, 5.41) is 2.77. The molecule has 0 aliphatic rings.